The molecule has 1 aliphatic carbocycles. The number of rotatable bonds is 3. The molecule has 0 aromatic heterocycles. The standard InChI is InChI=1S/C21H21ClN2O2/c1-12(2)14-5-3-7-16-15-6-4-8-17(15)21(23-20(14)16)18-11-13(24(25)26)9-10-19(18)22/h3-7,9-12,15,17,21,23H,8H2,1-2H3/t15-,17+,21-/m0/s1. The van der Waals surface area contributed by atoms with E-state index < -0.39 is 0 Å². The predicted octanol–water partition coefficient (Wildman–Crippen LogP) is 6.20. The van der Waals surface area contributed by atoms with Crippen molar-refractivity contribution in [1.82, 2.24) is 0 Å². The minimum absolute atomic E-state index is 0.0465. The second kappa shape index (κ2) is 6.44. The van der Waals surface area contributed by atoms with E-state index >= 15 is 0 Å². The molecule has 3 atom stereocenters. The molecule has 134 valence electrons. The van der Waals surface area contributed by atoms with E-state index in [2.05, 4.69) is 49.5 Å². The highest BCUT2D eigenvalue weighted by molar-refractivity contribution is 6.31. The first-order valence-electron chi connectivity index (χ1n) is 8.97. The Morgan fingerprint density at radius 2 is 2.04 bits per heavy atom. The Morgan fingerprint density at radius 1 is 1.23 bits per heavy atom. The van der Waals surface area contributed by atoms with Gasteiger partial charge in [-0.3, -0.25) is 10.1 Å². The van der Waals surface area contributed by atoms with Crippen molar-refractivity contribution in [3.63, 3.8) is 0 Å². The Labute approximate surface area is 158 Å². The Hall–Kier alpha value is -2.33. The molecule has 2 aromatic carbocycles. The van der Waals surface area contributed by atoms with Gasteiger partial charge in [0.2, 0.25) is 0 Å². The lowest BCUT2D eigenvalue weighted by molar-refractivity contribution is -0.384. The molecule has 1 heterocycles. The number of benzene rings is 2. The van der Waals surface area contributed by atoms with Gasteiger partial charge >= 0.3 is 0 Å². The third kappa shape index (κ3) is 2.69. The SMILES string of the molecule is CC(C)c1cccc2c1N[C@H](c1cc([N+](=O)[O-])ccc1Cl)[C@@H]1CC=C[C@@H]21. The zero-order valence-electron chi connectivity index (χ0n) is 14.8. The summed E-state index contributed by atoms with van der Waals surface area (Å²) in [5.74, 6) is 1.01. The number of para-hydroxylation sites is 1. The zero-order valence-corrected chi connectivity index (χ0v) is 15.5. The van der Waals surface area contributed by atoms with Crippen molar-refractivity contribution in [3.05, 3.63) is 80.4 Å². The molecule has 4 nitrogen and oxygen atoms in total. The molecule has 5 heteroatoms. The topological polar surface area (TPSA) is 55.2 Å². The van der Waals surface area contributed by atoms with Crippen LogP contribution in [0.3, 0.4) is 0 Å². The Bertz CT molecular complexity index is 907. The zero-order chi connectivity index (χ0) is 18.4. The van der Waals surface area contributed by atoms with Gasteiger partial charge in [-0.25, -0.2) is 0 Å². The summed E-state index contributed by atoms with van der Waals surface area (Å²) in [6.07, 6.45) is 5.42. The maximum absolute atomic E-state index is 11.2. The summed E-state index contributed by atoms with van der Waals surface area (Å²) < 4.78 is 0. The molecular formula is C21H21ClN2O2. The lowest BCUT2D eigenvalue weighted by Gasteiger charge is -2.39. The maximum Gasteiger partial charge on any atom is 0.269 e. The summed E-state index contributed by atoms with van der Waals surface area (Å²) in [5, 5.41) is 15.5. The number of nitro benzene ring substituents is 1. The summed E-state index contributed by atoms with van der Waals surface area (Å²) in [6, 6.07) is 11.1. The minimum Gasteiger partial charge on any atom is -0.377 e. The first-order valence-corrected chi connectivity index (χ1v) is 9.35. The second-order valence-electron chi connectivity index (χ2n) is 7.40. The van der Waals surface area contributed by atoms with Crippen LogP contribution < -0.4 is 5.32 Å². The molecule has 0 bridgehead atoms. The van der Waals surface area contributed by atoms with E-state index in [0.717, 1.165) is 17.7 Å². The van der Waals surface area contributed by atoms with E-state index in [0.29, 0.717) is 22.8 Å². The quantitative estimate of drug-likeness (QED) is 0.398. The van der Waals surface area contributed by atoms with Gasteiger partial charge in [0.05, 0.1) is 11.0 Å². The molecule has 2 aliphatic rings. The highest BCUT2D eigenvalue weighted by Crippen LogP contribution is 2.52. The number of halogens is 1. The van der Waals surface area contributed by atoms with Crippen LogP contribution in [-0.4, -0.2) is 4.92 Å². The molecule has 0 unspecified atom stereocenters. The molecule has 4 rings (SSSR count). The van der Waals surface area contributed by atoms with E-state index in [-0.39, 0.29) is 16.7 Å². The number of nitrogens with zero attached hydrogens (tertiary/aromatic N) is 1. The fourth-order valence-corrected chi connectivity index (χ4v) is 4.55. The Morgan fingerprint density at radius 3 is 2.77 bits per heavy atom. The average Bonchev–Trinajstić information content (AvgIpc) is 3.10. The van der Waals surface area contributed by atoms with Gasteiger partial charge in [0, 0.05) is 34.3 Å². The van der Waals surface area contributed by atoms with Crippen LogP contribution in [0.15, 0.2) is 48.6 Å². The summed E-state index contributed by atoms with van der Waals surface area (Å²) in [5.41, 5.74) is 4.63. The number of hydrogen-bond donors (Lipinski definition) is 1. The molecule has 0 spiro atoms. The van der Waals surface area contributed by atoms with Crippen molar-refractivity contribution in [2.75, 3.05) is 5.32 Å². The number of non-ortho nitro benzene ring substituents is 1. The number of nitrogens with one attached hydrogen (secondary N) is 1. The summed E-state index contributed by atoms with van der Waals surface area (Å²) in [7, 11) is 0. The molecule has 0 fully saturated rings. The largest absolute Gasteiger partial charge is 0.377 e. The molecule has 0 amide bonds. The van der Waals surface area contributed by atoms with Gasteiger partial charge in [0.25, 0.3) is 5.69 Å². The second-order valence-corrected chi connectivity index (χ2v) is 7.81. The van der Waals surface area contributed by atoms with E-state index in [4.69, 9.17) is 11.6 Å². The summed E-state index contributed by atoms with van der Waals surface area (Å²) >= 11 is 6.47. The molecule has 1 N–H and O–H groups in total. The van der Waals surface area contributed by atoms with Gasteiger partial charge in [-0.05, 0) is 35.4 Å². The number of fused-ring (bicyclic) bond motifs is 3. The van der Waals surface area contributed by atoms with E-state index in [1.54, 1.807) is 12.1 Å². The first-order chi connectivity index (χ1) is 12.5. The third-order valence-electron chi connectivity index (χ3n) is 5.58. The van der Waals surface area contributed by atoms with Crippen molar-refractivity contribution in [1.29, 1.82) is 0 Å². The van der Waals surface area contributed by atoms with Gasteiger partial charge in [-0.15, -0.1) is 0 Å². The van der Waals surface area contributed by atoms with Crippen LogP contribution >= 0.6 is 11.6 Å². The first kappa shape index (κ1) is 17.1. The smallest absolute Gasteiger partial charge is 0.269 e. The highest BCUT2D eigenvalue weighted by atomic mass is 35.5. The summed E-state index contributed by atoms with van der Waals surface area (Å²) in [6.45, 7) is 4.37. The van der Waals surface area contributed by atoms with Crippen molar-refractivity contribution < 1.29 is 4.92 Å². The monoisotopic (exact) mass is 368 g/mol. The maximum atomic E-state index is 11.2. The lowest BCUT2D eigenvalue weighted by Crippen LogP contribution is -2.30. The van der Waals surface area contributed by atoms with E-state index in [9.17, 15) is 10.1 Å². The van der Waals surface area contributed by atoms with Gasteiger partial charge in [-0.1, -0.05) is 55.8 Å². The normalized spacial score (nSPS) is 23.5. The molecule has 2 aromatic rings. The van der Waals surface area contributed by atoms with Crippen LogP contribution in [0.25, 0.3) is 0 Å². The van der Waals surface area contributed by atoms with Crippen LogP contribution in [0.4, 0.5) is 11.4 Å². The average molecular weight is 369 g/mol. The third-order valence-corrected chi connectivity index (χ3v) is 5.92. The Kier molecular flexibility index (Phi) is 4.23. The van der Waals surface area contributed by atoms with Crippen LogP contribution in [0.2, 0.25) is 5.02 Å². The number of anilines is 1. The minimum atomic E-state index is -0.361. The number of allylic oxidation sites excluding steroid dienone is 2. The van der Waals surface area contributed by atoms with E-state index in [1.165, 1.54) is 17.2 Å². The fourth-order valence-electron chi connectivity index (χ4n) is 4.32. The van der Waals surface area contributed by atoms with Crippen LogP contribution in [0.5, 0.6) is 0 Å². The van der Waals surface area contributed by atoms with Gasteiger partial charge < -0.3 is 5.32 Å². The predicted molar refractivity (Wildman–Crippen MR) is 105 cm³/mol. The van der Waals surface area contributed by atoms with Crippen molar-refractivity contribution in [2.24, 2.45) is 5.92 Å². The fraction of sp³-hybridized carbons (Fsp3) is 0.333. The molecular weight excluding hydrogens is 348 g/mol. The van der Waals surface area contributed by atoms with Crippen LogP contribution in [0, 0.1) is 16.0 Å². The lowest BCUT2D eigenvalue weighted by atomic mass is 9.75. The molecule has 0 radical (unpaired) electrons. The van der Waals surface area contributed by atoms with Crippen LogP contribution in [0.1, 0.15) is 54.8 Å². The molecule has 0 saturated heterocycles. The van der Waals surface area contributed by atoms with Gasteiger partial charge in [0.15, 0.2) is 0 Å². The van der Waals surface area contributed by atoms with Gasteiger partial charge in [-0.2, -0.15) is 0 Å². The van der Waals surface area contributed by atoms with Crippen molar-refractivity contribution >= 4 is 23.0 Å². The number of nitro groups is 1. The van der Waals surface area contributed by atoms with Crippen molar-refractivity contribution in [3.8, 4) is 0 Å². The Balaban J connectivity index is 1.85. The van der Waals surface area contributed by atoms with Crippen molar-refractivity contribution in [2.45, 2.75) is 38.1 Å². The summed E-state index contributed by atoms with van der Waals surface area (Å²) in [4.78, 5) is 10.9. The van der Waals surface area contributed by atoms with Crippen LogP contribution in [-0.2, 0) is 0 Å². The van der Waals surface area contributed by atoms with E-state index in [1.807, 2.05) is 0 Å². The molecule has 0 saturated carbocycles. The highest BCUT2D eigenvalue weighted by Gasteiger charge is 2.39. The molecule has 26 heavy (non-hydrogen) atoms. The number of hydrogen-bond acceptors (Lipinski definition) is 3. The molecule has 1 aliphatic heterocycles. The van der Waals surface area contributed by atoms with Gasteiger partial charge in [0.1, 0.15) is 0 Å².